The lowest BCUT2D eigenvalue weighted by atomic mass is 10.2. The van der Waals surface area contributed by atoms with Gasteiger partial charge in [-0.3, -0.25) is 4.79 Å². The number of hydrogen-bond donors (Lipinski definition) is 0. The molecule has 1 heterocycles. The van der Waals surface area contributed by atoms with E-state index in [1.807, 2.05) is 0 Å². The number of sulfonamides is 1. The van der Waals surface area contributed by atoms with E-state index in [-0.39, 0.29) is 17.9 Å². The molecule has 3 rings (SSSR count). The third kappa shape index (κ3) is 3.34. The second-order valence-corrected chi connectivity index (χ2v) is 7.14. The SMILES string of the molecule is O=C(c1ccc(Oc2cccc(F)c2)cc1)N1CCCS1(=O)=O. The number of nitrogens with zero attached hydrogens (tertiary/aromatic N) is 1. The van der Waals surface area contributed by atoms with E-state index in [1.54, 1.807) is 18.2 Å². The van der Waals surface area contributed by atoms with E-state index in [0.29, 0.717) is 17.9 Å². The molecule has 2 aromatic carbocycles. The minimum atomic E-state index is -3.49. The second kappa shape index (κ2) is 6.00. The highest BCUT2D eigenvalue weighted by Gasteiger charge is 2.33. The predicted molar refractivity (Wildman–Crippen MR) is 82.4 cm³/mol. The number of hydrogen-bond acceptors (Lipinski definition) is 4. The molecule has 0 N–H and O–H groups in total. The summed E-state index contributed by atoms with van der Waals surface area (Å²) in [6, 6.07) is 11.8. The van der Waals surface area contributed by atoms with Crippen LogP contribution in [0.4, 0.5) is 4.39 Å². The van der Waals surface area contributed by atoms with E-state index < -0.39 is 21.7 Å². The van der Waals surface area contributed by atoms with Gasteiger partial charge in [0.05, 0.1) is 5.75 Å². The van der Waals surface area contributed by atoms with Crippen molar-refractivity contribution in [3.8, 4) is 11.5 Å². The molecule has 2 aromatic rings. The fourth-order valence-corrected chi connectivity index (χ4v) is 3.82. The molecule has 0 unspecified atom stereocenters. The lowest BCUT2D eigenvalue weighted by Crippen LogP contribution is -2.32. The largest absolute Gasteiger partial charge is 0.457 e. The maximum Gasteiger partial charge on any atom is 0.267 e. The fourth-order valence-electron chi connectivity index (χ4n) is 2.34. The van der Waals surface area contributed by atoms with Gasteiger partial charge in [-0.2, -0.15) is 0 Å². The smallest absolute Gasteiger partial charge is 0.267 e. The first kappa shape index (κ1) is 15.5. The molecule has 120 valence electrons. The number of carbonyl (C=O) groups excluding carboxylic acids is 1. The van der Waals surface area contributed by atoms with E-state index in [9.17, 15) is 17.6 Å². The molecule has 1 saturated heterocycles. The monoisotopic (exact) mass is 335 g/mol. The minimum Gasteiger partial charge on any atom is -0.457 e. The Morgan fingerprint density at radius 1 is 1.09 bits per heavy atom. The number of ether oxygens (including phenoxy) is 1. The lowest BCUT2D eigenvalue weighted by Gasteiger charge is -2.14. The molecule has 23 heavy (non-hydrogen) atoms. The highest BCUT2D eigenvalue weighted by atomic mass is 32.2. The first-order valence-corrected chi connectivity index (χ1v) is 8.65. The molecule has 1 aliphatic rings. The molecule has 7 heteroatoms. The predicted octanol–water partition coefficient (Wildman–Crippen LogP) is 2.79. The molecule has 0 atom stereocenters. The van der Waals surface area contributed by atoms with Gasteiger partial charge in [0.2, 0.25) is 10.0 Å². The Balaban J connectivity index is 1.76. The lowest BCUT2D eigenvalue weighted by molar-refractivity contribution is 0.0870. The first-order valence-electron chi connectivity index (χ1n) is 7.04. The zero-order valence-electron chi connectivity index (χ0n) is 12.1. The third-order valence-corrected chi connectivity index (χ3v) is 5.28. The highest BCUT2D eigenvalue weighted by molar-refractivity contribution is 7.89. The Hall–Kier alpha value is -2.41. The topological polar surface area (TPSA) is 63.7 Å². The van der Waals surface area contributed by atoms with Crippen molar-refractivity contribution in [1.82, 2.24) is 4.31 Å². The van der Waals surface area contributed by atoms with Gasteiger partial charge in [-0.15, -0.1) is 0 Å². The van der Waals surface area contributed by atoms with E-state index in [4.69, 9.17) is 4.74 Å². The number of benzene rings is 2. The van der Waals surface area contributed by atoms with Crippen LogP contribution in [-0.4, -0.2) is 30.9 Å². The molecule has 0 bridgehead atoms. The normalized spacial score (nSPS) is 16.3. The van der Waals surface area contributed by atoms with Crippen LogP contribution in [0.5, 0.6) is 11.5 Å². The van der Waals surface area contributed by atoms with Gasteiger partial charge in [-0.25, -0.2) is 17.1 Å². The van der Waals surface area contributed by atoms with E-state index in [0.717, 1.165) is 4.31 Å². The molecule has 1 amide bonds. The van der Waals surface area contributed by atoms with Gasteiger partial charge < -0.3 is 4.74 Å². The van der Waals surface area contributed by atoms with Crippen molar-refractivity contribution in [2.45, 2.75) is 6.42 Å². The summed E-state index contributed by atoms with van der Waals surface area (Å²) in [4.78, 5) is 12.2. The highest BCUT2D eigenvalue weighted by Crippen LogP contribution is 2.24. The second-order valence-electron chi connectivity index (χ2n) is 5.13. The van der Waals surface area contributed by atoms with Crippen molar-refractivity contribution >= 4 is 15.9 Å². The van der Waals surface area contributed by atoms with E-state index in [2.05, 4.69) is 0 Å². The standard InChI is InChI=1S/C16H14FNO4S/c17-13-3-1-4-15(11-13)22-14-7-5-12(6-8-14)16(19)18-9-2-10-23(18,20)21/h1,3-8,11H,2,9-10H2. The summed E-state index contributed by atoms with van der Waals surface area (Å²) in [6.45, 7) is 0.211. The fraction of sp³-hybridized carbons (Fsp3) is 0.188. The van der Waals surface area contributed by atoms with Crippen molar-refractivity contribution in [2.75, 3.05) is 12.3 Å². The Labute approximate surface area is 133 Å². The van der Waals surface area contributed by atoms with Crippen LogP contribution < -0.4 is 4.74 Å². The van der Waals surface area contributed by atoms with E-state index >= 15 is 0 Å². The Morgan fingerprint density at radius 2 is 1.83 bits per heavy atom. The summed E-state index contributed by atoms with van der Waals surface area (Å²) < 4.78 is 43.0. The minimum absolute atomic E-state index is 0.000490. The van der Waals surface area contributed by atoms with Crippen LogP contribution in [0.3, 0.4) is 0 Å². The first-order chi connectivity index (χ1) is 11.0. The van der Waals surface area contributed by atoms with Crippen molar-refractivity contribution in [3.05, 3.63) is 59.9 Å². The Bertz CT molecular complexity index is 833. The number of amides is 1. The summed E-state index contributed by atoms with van der Waals surface area (Å²) in [5.41, 5.74) is 0.266. The average Bonchev–Trinajstić information content (AvgIpc) is 2.87. The maximum atomic E-state index is 13.1. The van der Waals surface area contributed by atoms with Crippen LogP contribution in [0.2, 0.25) is 0 Å². The molecule has 0 radical (unpaired) electrons. The zero-order valence-corrected chi connectivity index (χ0v) is 12.9. The molecule has 0 aromatic heterocycles. The summed E-state index contributed by atoms with van der Waals surface area (Å²) >= 11 is 0. The van der Waals surface area contributed by atoms with Crippen molar-refractivity contribution in [1.29, 1.82) is 0 Å². The molecule has 1 fully saturated rings. The van der Waals surface area contributed by atoms with Gasteiger partial charge in [-0.1, -0.05) is 6.07 Å². The number of carbonyl (C=O) groups is 1. The van der Waals surface area contributed by atoms with Gasteiger partial charge in [-0.05, 0) is 42.8 Å². The molecular formula is C16H14FNO4S. The molecule has 5 nitrogen and oxygen atoms in total. The summed E-state index contributed by atoms with van der Waals surface area (Å²) in [5, 5.41) is 0. The molecule has 0 aliphatic carbocycles. The van der Waals surface area contributed by atoms with Crippen molar-refractivity contribution in [3.63, 3.8) is 0 Å². The zero-order chi connectivity index (χ0) is 16.4. The van der Waals surface area contributed by atoms with E-state index in [1.165, 1.54) is 30.3 Å². The summed E-state index contributed by atoms with van der Waals surface area (Å²) in [7, 11) is -3.49. The van der Waals surface area contributed by atoms with Gasteiger partial charge in [0, 0.05) is 18.2 Å². The molecule has 0 spiro atoms. The summed E-state index contributed by atoms with van der Waals surface area (Å²) in [5.74, 6) is -0.185. The van der Waals surface area contributed by atoms with Crippen LogP contribution in [-0.2, 0) is 10.0 Å². The summed E-state index contributed by atoms with van der Waals surface area (Å²) in [6.07, 6.45) is 0.453. The Kier molecular flexibility index (Phi) is 4.04. The van der Waals surface area contributed by atoms with Gasteiger partial charge >= 0.3 is 0 Å². The average molecular weight is 335 g/mol. The number of rotatable bonds is 3. The van der Waals surface area contributed by atoms with Crippen LogP contribution in [0, 0.1) is 5.82 Å². The van der Waals surface area contributed by atoms with Crippen LogP contribution in [0.1, 0.15) is 16.8 Å². The molecular weight excluding hydrogens is 321 g/mol. The van der Waals surface area contributed by atoms with Crippen molar-refractivity contribution in [2.24, 2.45) is 0 Å². The van der Waals surface area contributed by atoms with Gasteiger partial charge in [0.25, 0.3) is 5.91 Å². The van der Waals surface area contributed by atoms with Crippen LogP contribution in [0.25, 0.3) is 0 Å². The van der Waals surface area contributed by atoms with Crippen molar-refractivity contribution < 1.29 is 22.3 Å². The molecule has 1 aliphatic heterocycles. The maximum absolute atomic E-state index is 13.1. The van der Waals surface area contributed by atoms with Crippen LogP contribution in [0.15, 0.2) is 48.5 Å². The van der Waals surface area contributed by atoms with Gasteiger partial charge in [0.15, 0.2) is 0 Å². The third-order valence-electron chi connectivity index (χ3n) is 3.46. The molecule has 0 saturated carbocycles. The van der Waals surface area contributed by atoms with Gasteiger partial charge in [0.1, 0.15) is 17.3 Å². The van der Waals surface area contributed by atoms with Crippen LogP contribution >= 0.6 is 0 Å². The quantitative estimate of drug-likeness (QED) is 0.865. The number of halogens is 1. The Morgan fingerprint density at radius 3 is 2.43 bits per heavy atom.